The smallest absolute Gasteiger partial charge is 0.303 e. The molecule has 7 heteroatoms. The number of allylic oxidation sites excluding steroid dienone is 1. The second-order valence-electron chi connectivity index (χ2n) is 8.00. The molecular formula is C22H31NO5S. The molecule has 0 aromatic heterocycles. The molecule has 2 fully saturated rings. The molecule has 29 heavy (non-hydrogen) atoms. The van der Waals surface area contributed by atoms with Gasteiger partial charge in [-0.2, -0.15) is 0 Å². The Balaban J connectivity index is 1.47. The number of hydrogen-bond donors (Lipinski definition) is 2. The summed E-state index contributed by atoms with van der Waals surface area (Å²) < 4.78 is 33.7. The van der Waals surface area contributed by atoms with E-state index in [0.29, 0.717) is 19.4 Å². The SMILES string of the molecule is O=C(O)CCCC/C=C\[C@H]1[C@@H](CNS(=O)(=O)CCc2ccccc2)[C@H]2CC[C@@H]1O2. The number of carbonyl (C=O) groups is 1. The first kappa shape index (κ1) is 22.0. The molecule has 2 aliphatic heterocycles. The maximum Gasteiger partial charge on any atom is 0.303 e. The number of carboxylic acids is 1. The molecule has 3 rings (SSSR count). The largest absolute Gasteiger partial charge is 0.481 e. The minimum absolute atomic E-state index is 0.0861. The summed E-state index contributed by atoms with van der Waals surface area (Å²) in [6, 6.07) is 9.64. The minimum Gasteiger partial charge on any atom is -0.481 e. The summed E-state index contributed by atoms with van der Waals surface area (Å²) >= 11 is 0. The predicted octanol–water partition coefficient (Wildman–Crippen LogP) is 3.14. The van der Waals surface area contributed by atoms with Gasteiger partial charge < -0.3 is 9.84 Å². The van der Waals surface area contributed by atoms with E-state index < -0.39 is 16.0 Å². The van der Waals surface area contributed by atoms with Crippen molar-refractivity contribution in [3.63, 3.8) is 0 Å². The van der Waals surface area contributed by atoms with Gasteiger partial charge in [-0.3, -0.25) is 4.79 Å². The van der Waals surface area contributed by atoms with Crippen molar-refractivity contribution in [2.45, 2.75) is 57.2 Å². The third-order valence-electron chi connectivity index (χ3n) is 5.90. The number of nitrogens with one attached hydrogen (secondary N) is 1. The first-order chi connectivity index (χ1) is 13.9. The Morgan fingerprint density at radius 2 is 1.93 bits per heavy atom. The topological polar surface area (TPSA) is 92.7 Å². The van der Waals surface area contributed by atoms with E-state index in [-0.39, 0.29) is 36.2 Å². The number of aryl methyl sites for hydroxylation is 1. The van der Waals surface area contributed by atoms with E-state index in [2.05, 4.69) is 16.9 Å². The Morgan fingerprint density at radius 1 is 1.17 bits per heavy atom. The van der Waals surface area contributed by atoms with E-state index in [9.17, 15) is 13.2 Å². The van der Waals surface area contributed by atoms with Crippen LogP contribution in [-0.4, -0.2) is 44.0 Å². The Hall–Kier alpha value is -1.70. The number of rotatable bonds is 12. The summed E-state index contributed by atoms with van der Waals surface area (Å²) in [4.78, 5) is 10.6. The zero-order chi connectivity index (χ0) is 20.7. The van der Waals surface area contributed by atoms with E-state index in [1.807, 2.05) is 30.3 Å². The summed E-state index contributed by atoms with van der Waals surface area (Å²) in [7, 11) is -3.33. The van der Waals surface area contributed by atoms with E-state index in [4.69, 9.17) is 9.84 Å². The third-order valence-corrected chi connectivity index (χ3v) is 7.25. The van der Waals surface area contributed by atoms with Crippen LogP contribution in [0.5, 0.6) is 0 Å². The first-order valence-corrected chi connectivity index (χ1v) is 12.1. The molecule has 1 aromatic rings. The average Bonchev–Trinajstić information content (AvgIpc) is 3.30. The normalized spacial score (nSPS) is 26.3. The molecule has 2 heterocycles. The molecule has 2 aliphatic rings. The highest BCUT2D eigenvalue weighted by molar-refractivity contribution is 7.89. The first-order valence-electron chi connectivity index (χ1n) is 10.5. The standard InChI is InChI=1S/C22H31NO5S/c24-22(25)11-7-2-1-6-10-18-19(21-13-12-20(18)28-21)16-23-29(26,27)15-14-17-8-4-3-5-9-17/h3-6,8-10,18-21,23H,1-2,7,11-16H2,(H,24,25)/b10-6-/t18-,19+,20-,21+/m0/s1. The van der Waals surface area contributed by atoms with Crippen molar-refractivity contribution in [3.05, 3.63) is 48.0 Å². The highest BCUT2D eigenvalue weighted by atomic mass is 32.2. The summed E-state index contributed by atoms with van der Waals surface area (Å²) in [5.74, 6) is -0.279. The van der Waals surface area contributed by atoms with Crippen molar-refractivity contribution in [1.29, 1.82) is 0 Å². The number of sulfonamides is 1. The molecule has 0 unspecified atom stereocenters. The number of fused-ring (bicyclic) bond motifs is 2. The number of hydrogen-bond acceptors (Lipinski definition) is 4. The van der Waals surface area contributed by atoms with Crippen molar-refractivity contribution in [2.75, 3.05) is 12.3 Å². The maximum atomic E-state index is 12.4. The van der Waals surface area contributed by atoms with Gasteiger partial charge in [0.15, 0.2) is 0 Å². The third kappa shape index (κ3) is 6.66. The van der Waals surface area contributed by atoms with Crippen LogP contribution in [0.2, 0.25) is 0 Å². The van der Waals surface area contributed by atoms with Crippen molar-refractivity contribution >= 4 is 16.0 Å². The van der Waals surface area contributed by atoms with Gasteiger partial charge >= 0.3 is 5.97 Å². The highest BCUT2D eigenvalue weighted by Crippen LogP contribution is 2.44. The minimum atomic E-state index is -3.33. The summed E-state index contributed by atoms with van der Waals surface area (Å²) in [5.41, 5.74) is 1.02. The second kappa shape index (κ2) is 10.4. The Bertz CT molecular complexity index is 793. The Kier molecular flexibility index (Phi) is 7.86. The zero-order valence-corrected chi connectivity index (χ0v) is 17.5. The molecule has 0 saturated carbocycles. The van der Waals surface area contributed by atoms with Gasteiger partial charge in [0.2, 0.25) is 10.0 Å². The van der Waals surface area contributed by atoms with Gasteiger partial charge in [0, 0.05) is 24.8 Å². The quantitative estimate of drug-likeness (QED) is 0.400. The molecule has 0 spiro atoms. The fourth-order valence-corrected chi connectivity index (χ4v) is 5.42. The summed E-state index contributed by atoms with van der Waals surface area (Å²) in [5, 5.41) is 8.69. The fourth-order valence-electron chi connectivity index (χ4n) is 4.33. The van der Waals surface area contributed by atoms with Gasteiger partial charge in [0.05, 0.1) is 18.0 Å². The van der Waals surface area contributed by atoms with Crippen molar-refractivity contribution < 1.29 is 23.1 Å². The van der Waals surface area contributed by atoms with E-state index in [1.165, 1.54) is 0 Å². The van der Waals surface area contributed by atoms with E-state index in [0.717, 1.165) is 31.2 Å². The molecule has 6 nitrogen and oxygen atoms in total. The van der Waals surface area contributed by atoms with Gasteiger partial charge in [-0.25, -0.2) is 13.1 Å². The van der Waals surface area contributed by atoms with Crippen molar-refractivity contribution in [3.8, 4) is 0 Å². The lowest BCUT2D eigenvalue weighted by Gasteiger charge is -2.26. The van der Waals surface area contributed by atoms with Gasteiger partial charge in [0.25, 0.3) is 0 Å². The van der Waals surface area contributed by atoms with Crippen LogP contribution in [0.15, 0.2) is 42.5 Å². The molecule has 2 saturated heterocycles. The van der Waals surface area contributed by atoms with Gasteiger partial charge in [-0.05, 0) is 44.1 Å². The molecule has 2 N–H and O–H groups in total. The second-order valence-corrected chi connectivity index (χ2v) is 9.93. The van der Waals surface area contributed by atoms with Crippen LogP contribution in [0, 0.1) is 11.8 Å². The van der Waals surface area contributed by atoms with Crippen LogP contribution in [0.1, 0.15) is 44.1 Å². The van der Waals surface area contributed by atoms with Crippen LogP contribution in [0.3, 0.4) is 0 Å². The molecule has 0 aliphatic carbocycles. The molecular weight excluding hydrogens is 390 g/mol. The molecule has 0 radical (unpaired) electrons. The molecule has 2 bridgehead atoms. The monoisotopic (exact) mass is 421 g/mol. The Labute approximate surface area is 173 Å². The van der Waals surface area contributed by atoms with Crippen molar-refractivity contribution in [2.24, 2.45) is 11.8 Å². The molecule has 4 atom stereocenters. The van der Waals surface area contributed by atoms with E-state index in [1.54, 1.807) is 0 Å². The lowest BCUT2D eigenvalue weighted by molar-refractivity contribution is -0.137. The van der Waals surface area contributed by atoms with Gasteiger partial charge in [-0.1, -0.05) is 42.5 Å². The number of aliphatic carboxylic acids is 1. The maximum absolute atomic E-state index is 12.4. The van der Waals surface area contributed by atoms with Crippen LogP contribution >= 0.6 is 0 Å². The molecule has 1 aromatic carbocycles. The lowest BCUT2D eigenvalue weighted by atomic mass is 9.79. The van der Waals surface area contributed by atoms with Crippen molar-refractivity contribution in [1.82, 2.24) is 4.72 Å². The van der Waals surface area contributed by atoms with Crippen LogP contribution < -0.4 is 4.72 Å². The van der Waals surface area contributed by atoms with E-state index >= 15 is 0 Å². The Morgan fingerprint density at radius 3 is 2.69 bits per heavy atom. The number of benzene rings is 1. The molecule has 0 amide bonds. The highest BCUT2D eigenvalue weighted by Gasteiger charge is 2.47. The summed E-state index contributed by atoms with van der Waals surface area (Å²) in [6.45, 7) is 0.409. The molecule has 160 valence electrons. The van der Waals surface area contributed by atoms with Gasteiger partial charge in [0.1, 0.15) is 0 Å². The average molecular weight is 422 g/mol. The van der Waals surface area contributed by atoms with Crippen LogP contribution in [0.4, 0.5) is 0 Å². The summed E-state index contributed by atoms with van der Waals surface area (Å²) in [6.07, 6.45) is 9.66. The van der Waals surface area contributed by atoms with Crippen LogP contribution in [-0.2, 0) is 26.0 Å². The van der Waals surface area contributed by atoms with Gasteiger partial charge in [-0.15, -0.1) is 0 Å². The zero-order valence-electron chi connectivity index (χ0n) is 16.7. The number of carboxylic acid groups (broad SMARTS) is 1. The van der Waals surface area contributed by atoms with Crippen LogP contribution in [0.25, 0.3) is 0 Å². The predicted molar refractivity (Wildman–Crippen MR) is 112 cm³/mol. The number of ether oxygens (including phenoxy) is 1. The lowest BCUT2D eigenvalue weighted by Crippen LogP contribution is -2.38. The number of unbranched alkanes of at least 4 members (excludes halogenated alkanes) is 2. The fraction of sp³-hybridized carbons (Fsp3) is 0.591.